The Bertz CT molecular complexity index is 621. The molecule has 0 aliphatic carbocycles. The van der Waals surface area contributed by atoms with E-state index in [0.717, 1.165) is 0 Å². The first-order chi connectivity index (χ1) is 9.32. The molecule has 7 heteroatoms. The number of aliphatic hydroxyl groups excluding tert-OH is 1. The molecular formula is C13H18N2O3S2. The van der Waals surface area contributed by atoms with E-state index in [2.05, 4.69) is 0 Å². The molecule has 5 nitrogen and oxygen atoms in total. The van der Waals surface area contributed by atoms with Crippen LogP contribution in [0, 0.1) is 6.92 Å². The van der Waals surface area contributed by atoms with Gasteiger partial charge >= 0.3 is 0 Å². The van der Waals surface area contributed by atoms with E-state index in [9.17, 15) is 13.5 Å². The van der Waals surface area contributed by atoms with Crippen LogP contribution >= 0.6 is 12.2 Å². The van der Waals surface area contributed by atoms with Crippen molar-refractivity contribution in [3.63, 3.8) is 0 Å². The molecule has 110 valence electrons. The molecule has 2 rings (SSSR count). The largest absolute Gasteiger partial charge is 0.393 e. The summed E-state index contributed by atoms with van der Waals surface area (Å²) < 4.78 is 26.6. The Hall–Kier alpha value is -1.02. The quantitative estimate of drug-likeness (QED) is 0.805. The van der Waals surface area contributed by atoms with Crippen molar-refractivity contribution in [2.75, 3.05) is 13.1 Å². The summed E-state index contributed by atoms with van der Waals surface area (Å²) in [5.74, 6) is 0. The zero-order valence-electron chi connectivity index (χ0n) is 11.2. The third-order valence-corrected chi connectivity index (χ3v) is 5.80. The SMILES string of the molecule is Cc1cc(C(N)=S)ccc1S(=O)(=O)N1CCC(O)CC1. The van der Waals surface area contributed by atoms with Crippen LogP contribution in [-0.2, 0) is 10.0 Å². The third kappa shape index (κ3) is 3.01. The van der Waals surface area contributed by atoms with Gasteiger partial charge in [0.25, 0.3) is 0 Å². The van der Waals surface area contributed by atoms with Crippen LogP contribution in [0.25, 0.3) is 0 Å². The highest BCUT2D eigenvalue weighted by Gasteiger charge is 2.29. The Kier molecular flexibility index (Phi) is 4.43. The lowest BCUT2D eigenvalue weighted by Gasteiger charge is -2.29. The number of thiocarbonyl (C=S) groups is 1. The molecule has 0 radical (unpaired) electrons. The number of nitrogens with zero attached hydrogens (tertiary/aromatic N) is 1. The van der Waals surface area contributed by atoms with Crippen molar-refractivity contribution in [2.45, 2.75) is 30.8 Å². The van der Waals surface area contributed by atoms with Crippen molar-refractivity contribution in [1.29, 1.82) is 0 Å². The van der Waals surface area contributed by atoms with Gasteiger partial charge < -0.3 is 10.8 Å². The van der Waals surface area contributed by atoms with Gasteiger partial charge in [-0.2, -0.15) is 4.31 Å². The molecule has 0 amide bonds. The Labute approximate surface area is 124 Å². The summed E-state index contributed by atoms with van der Waals surface area (Å²) in [4.78, 5) is 0.520. The molecule has 1 saturated heterocycles. The number of rotatable bonds is 3. The summed E-state index contributed by atoms with van der Waals surface area (Å²) in [6, 6.07) is 4.86. The number of benzene rings is 1. The van der Waals surface area contributed by atoms with Crippen LogP contribution < -0.4 is 5.73 Å². The molecule has 0 bridgehead atoms. The molecule has 0 atom stereocenters. The lowest BCUT2D eigenvalue weighted by Crippen LogP contribution is -2.40. The van der Waals surface area contributed by atoms with Crippen molar-refractivity contribution in [3.05, 3.63) is 29.3 Å². The number of piperidine rings is 1. The fourth-order valence-corrected chi connectivity index (χ4v) is 4.12. The maximum atomic E-state index is 12.6. The zero-order chi connectivity index (χ0) is 14.9. The van der Waals surface area contributed by atoms with Gasteiger partial charge in [0, 0.05) is 18.7 Å². The van der Waals surface area contributed by atoms with Gasteiger partial charge in [-0.15, -0.1) is 0 Å². The molecule has 3 N–H and O–H groups in total. The molecule has 0 saturated carbocycles. The maximum absolute atomic E-state index is 12.6. The minimum absolute atomic E-state index is 0.248. The highest BCUT2D eigenvalue weighted by atomic mass is 32.2. The second kappa shape index (κ2) is 5.77. The lowest BCUT2D eigenvalue weighted by molar-refractivity contribution is 0.113. The monoisotopic (exact) mass is 314 g/mol. The van der Waals surface area contributed by atoms with Crippen LogP contribution in [0.15, 0.2) is 23.1 Å². The molecule has 1 fully saturated rings. The first-order valence-electron chi connectivity index (χ1n) is 6.41. The van der Waals surface area contributed by atoms with Crippen molar-refractivity contribution in [3.8, 4) is 0 Å². The topological polar surface area (TPSA) is 83.6 Å². The summed E-state index contributed by atoms with van der Waals surface area (Å²) in [6.07, 6.45) is 0.548. The van der Waals surface area contributed by atoms with Crippen molar-refractivity contribution >= 4 is 27.2 Å². The predicted octanol–water partition coefficient (Wildman–Crippen LogP) is 0.775. The van der Waals surface area contributed by atoms with Crippen molar-refractivity contribution < 1.29 is 13.5 Å². The summed E-state index contributed by atoms with van der Waals surface area (Å²) in [6.45, 7) is 2.42. The second-order valence-electron chi connectivity index (χ2n) is 4.98. The van der Waals surface area contributed by atoms with Crippen LogP contribution in [0.5, 0.6) is 0 Å². The van der Waals surface area contributed by atoms with Gasteiger partial charge in [0.2, 0.25) is 10.0 Å². The Morgan fingerprint density at radius 2 is 2.00 bits per heavy atom. The van der Waals surface area contributed by atoms with E-state index in [1.165, 1.54) is 4.31 Å². The van der Waals surface area contributed by atoms with E-state index in [0.29, 0.717) is 37.1 Å². The lowest BCUT2D eigenvalue weighted by atomic mass is 10.1. The summed E-state index contributed by atoms with van der Waals surface area (Å²) in [7, 11) is -3.52. The minimum atomic E-state index is -3.52. The Balaban J connectivity index is 2.32. The van der Waals surface area contributed by atoms with Gasteiger partial charge in [-0.05, 0) is 37.5 Å². The smallest absolute Gasteiger partial charge is 0.243 e. The molecule has 1 heterocycles. The Morgan fingerprint density at radius 1 is 1.40 bits per heavy atom. The molecule has 1 aromatic carbocycles. The molecule has 1 aliphatic heterocycles. The second-order valence-corrected chi connectivity index (χ2v) is 7.33. The highest BCUT2D eigenvalue weighted by molar-refractivity contribution is 7.89. The molecule has 0 spiro atoms. The highest BCUT2D eigenvalue weighted by Crippen LogP contribution is 2.24. The standard InChI is InChI=1S/C13H18N2O3S2/c1-9-8-10(13(14)19)2-3-12(9)20(17,18)15-6-4-11(16)5-7-15/h2-3,8,11,16H,4-7H2,1H3,(H2,14,19). The number of hydrogen-bond acceptors (Lipinski definition) is 4. The van der Waals surface area contributed by atoms with E-state index in [-0.39, 0.29) is 9.88 Å². The zero-order valence-corrected chi connectivity index (χ0v) is 12.9. The molecule has 0 aromatic heterocycles. The number of hydrogen-bond donors (Lipinski definition) is 2. The normalized spacial score (nSPS) is 18.1. The van der Waals surface area contributed by atoms with E-state index in [1.807, 2.05) is 0 Å². The fourth-order valence-electron chi connectivity index (χ4n) is 2.31. The van der Waals surface area contributed by atoms with Crippen LogP contribution in [0.3, 0.4) is 0 Å². The summed E-state index contributed by atoms with van der Waals surface area (Å²) >= 11 is 4.89. The maximum Gasteiger partial charge on any atom is 0.243 e. The van der Waals surface area contributed by atoms with Crippen molar-refractivity contribution in [1.82, 2.24) is 4.31 Å². The number of aliphatic hydroxyl groups is 1. The molecule has 20 heavy (non-hydrogen) atoms. The van der Waals surface area contributed by atoms with Gasteiger partial charge in [-0.1, -0.05) is 18.3 Å². The number of aryl methyl sites for hydroxylation is 1. The molecular weight excluding hydrogens is 296 g/mol. The summed E-state index contributed by atoms with van der Waals surface area (Å²) in [5, 5.41) is 9.47. The minimum Gasteiger partial charge on any atom is -0.393 e. The number of nitrogens with two attached hydrogens (primary N) is 1. The van der Waals surface area contributed by atoms with Gasteiger partial charge in [-0.3, -0.25) is 0 Å². The van der Waals surface area contributed by atoms with Gasteiger partial charge in [0.1, 0.15) is 4.99 Å². The van der Waals surface area contributed by atoms with Gasteiger partial charge in [0.05, 0.1) is 11.0 Å². The van der Waals surface area contributed by atoms with Crippen molar-refractivity contribution in [2.24, 2.45) is 5.73 Å². The van der Waals surface area contributed by atoms with E-state index in [1.54, 1.807) is 25.1 Å². The predicted molar refractivity (Wildman–Crippen MR) is 81.1 cm³/mol. The average molecular weight is 314 g/mol. The first-order valence-corrected chi connectivity index (χ1v) is 8.26. The van der Waals surface area contributed by atoms with Crippen LogP contribution in [0.4, 0.5) is 0 Å². The Morgan fingerprint density at radius 3 is 2.50 bits per heavy atom. The van der Waals surface area contributed by atoms with Gasteiger partial charge in [0.15, 0.2) is 0 Å². The summed E-state index contributed by atoms with van der Waals surface area (Å²) in [5.41, 5.74) is 6.83. The molecule has 1 aromatic rings. The number of sulfonamides is 1. The van der Waals surface area contributed by atoms with Crippen LogP contribution in [-0.4, -0.2) is 42.0 Å². The van der Waals surface area contributed by atoms with Crippen LogP contribution in [0.1, 0.15) is 24.0 Å². The average Bonchev–Trinajstić information content (AvgIpc) is 2.38. The molecule has 0 unspecified atom stereocenters. The fraction of sp³-hybridized carbons (Fsp3) is 0.462. The third-order valence-electron chi connectivity index (χ3n) is 3.50. The van der Waals surface area contributed by atoms with Crippen LogP contribution in [0.2, 0.25) is 0 Å². The first kappa shape index (κ1) is 15.4. The van der Waals surface area contributed by atoms with E-state index >= 15 is 0 Å². The molecule has 1 aliphatic rings. The van der Waals surface area contributed by atoms with E-state index in [4.69, 9.17) is 18.0 Å². The van der Waals surface area contributed by atoms with E-state index < -0.39 is 16.1 Å². The van der Waals surface area contributed by atoms with Gasteiger partial charge in [-0.25, -0.2) is 8.42 Å².